The maximum absolute atomic E-state index is 11.5. The van der Waals surface area contributed by atoms with Gasteiger partial charge in [0.05, 0.1) is 6.54 Å². The normalized spacial score (nSPS) is 17.2. The number of nitrogens with two attached hydrogens (primary N) is 1. The summed E-state index contributed by atoms with van der Waals surface area (Å²) in [5.41, 5.74) is 8.09. The zero-order chi connectivity index (χ0) is 12.3. The van der Waals surface area contributed by atoms with E-state index < -0.39 is 0 Å². The molecule has 1 aliphatic rings. The van der Waals surface area contributed by atoms with E-state index in [0.29, 0.717) is 5.92 Å². The number of amides is 1. The van der Waals surface area contributed by atoms with E-state index in [1.165, 1.54) is 11.1 Å². The zero-order valence-corrected chi connectivity index (χ0v) is 10.4. The highest BCUT2D eigenvalue weighted by Crippen LogP contribution is 2.28. The predicted molar refractivity (Wildman–Crippen MR) is 68.8 cm³/mol. The van der Waals surface area contributed by atoms with E-state index in [4.69, 9.17) is 5.73 Å². The number of piperidine rings is 1. The van der Waals surface area contributed by atoms with Crippen LogP contribution in [0.5, 0.6) is 0 Å². The van der Waals surface area contributed by atoms with Crippen LogP contribution in [-0.4, -0.2) is 30.4 Å². The smallest absolute Gasteiger partial charge is 0.236 e. The summed E-state index contributed by atoms with van der Waals surface area (Å²) >= 11 is 0. The summed E-state index contributed by atoms with van der Waals surface area (Å²) in [5.74, 6) is 0.671. The lowest BCUT2D eigenvalue weighted by Crippen LogP contribution is -2.41. The van der Waals surface area contributed by atoms with Gasteiger partial charge in [0.2, 0.25) is 5.91 Å². The molecular formula is C14H20N2O. The second-order valence-electron chi connectivity index (χ2n) is 4.77. The maximum Gasteiger partial charge on any atom is 0.236 e. The Morgan fingerprint density at radius 3 is 2.71 bits per heavy atom. The minimum atomic E-state index is 0.0766. The van der Waals surface area contributed by atoms with E-state index in [2.05, 4.69) is 31.2 Å². The van der Waals surface area contributed by atoms with E-state index in [1.54, 1.807) is 0 Å². The van der Waals surface area contributed by atoms with Crippen LogP contribution in [-0.2, 0) is 4.79 Å². The number of likely N-dealkylation sites (tertiary alicyclic amines) is 1. The van der Waals surface area contributed by atoms with Crippen molar-refractivity contribution in [2.75, 3.05) is 19.6 Å². The summed E-state index contributed by atoms with van der Waals surface area (Å²) in [6.45, 7) is 3.94. The average molecular weight is 232 g/mol. The highest BCUT2D eigenvalue weighted by atomic mass is 16.2. The van der Waals surface area contributed by atoms with Crippen LogP contribution in [0.1, 0.15) is 29.9 Å². The molecule has 3 nitrogen and oxygen atoms in total. The monoisotopic (exact) mass is 232 g/mol. The summed E-state index contributed by atoms with van der Waals surface area (Å²) in [5, 5.41) is 0. The first kappa shape index (κ1) is 12.1. The number of hydrogen-bond donors (Lipinski definition) is 1. The number of hydrogen-bond acceptors (Lipinski definition) is 2. The first-order valence-corrected chi connectivity index (χ1v) is 6.25. The Morgan fingerprint density at radius 2 is 2.12 bits per heavy atom. The second kappa shape index (κ2) is 5.32. The second-order valence-corrected chi connectivity index (χ2v) is 4.77. The Bertz CT molecular complexity index is 395. The molecule has 3 heteroatoms. The van der Waals surface area contributed by atoms with Crippen LogP contribution >= 0.6 is 0 Å². The lowest BCUT2D eigenvalue weighted by Gasteiger charge is -2.32. The van der Waals surface area contributed by atoms with Gasteiger partial charge in [-0.15, -0.1) is 0 Å². The predicted octanol–water partition coefficient (Wildman–Crippen LogP) is 1.66. The molecule has 92 valence electrons. The van der Waals surface area contributed by atoms with Gasteiger partial charge in [0.25, 0.3) is 0 Å². The summed E-state index contributed by atoms with van der Waals surface area (Å²) < 4.78 is 0. The molecule has 0 bridgehead atoms. The molecule has 2 rings (SSSR count). The summed E-state index contributed by atoms with van der Waals surface area (Å²) in [4.78, 5) is 13.3. The molecule has 0 unspecified atom stereocenters. The minimum absolute atomic E-state index is 0.0766. The van der Waals surface area contributed by atoms with Crippen LogP contribution in [0.2, 0.25) is 0 Å². The van der Waals surface area contributed by atoms with Gasteiger partial charge in [-0.05, 0) is 31.2 Å². The van der Waals surface area contributed by atoms with Crippen LogP contribution in [0.15, 0.2) is 24.3 Å². The van der Waals surface area contributed by atoms with E-state index in [0.717, 1.165) is 25.9 Å². The SMILES string of the molecule is Cc1cccc(C2CCN(C(=O)CN)CC2)c1. The van der Waals surface area contributed by atoms with Crippen LogP contribution in [0, 0.1) is 6.92 Å². The minimum Gasteiger partial charge on any atom is -0.342 e. The Morgan fingerprint density at radius 1 is 1.41 bits per heavy atom. The van der Waals surface area contributed by atoms with Gasteiger partial charge in [-0.3, -0.25) is 4.79 Å². The summed E-state index contributed by atoms with van der Waals surface area (Å²) in [6, 6.07) is 8.68. The quantitative estimate of drug-likeness (QED) is 0.843. The molecule has 1 saturated heterocycles. The summed E-state index contributed by atoms with van der Waals surface area (Å²) in [7, 11) is 0. The third-order valence-corrected chi connectivity index (χ3v) is 3.54. The van der Waals surface area contributed by atoms with E-state index >= 15 is 0 Å². The van der Waals surface area contributed by atoms with Gasteiger partial charge >= 0.3 is 0 Å². The van der Waals surface area contributed by atoms with Crippen LogP contribution in [0.4, 0.5) is 0 Å². The number of aryl methyl sites for hydroxylation is 1. The van der Waals surface area contributed by atoms with Crippen molar-refractivity contribution >= 4 is 5.91 Å². The molecule has 1 aliphatic heterocycles. The van der Waals surface area contributed by atoms with Crippen molar-refractivity contribution in [1.82, 2.24) is 4.90 Å². The topological polar surface area (TPSA) is 46.3 Å². The van der Waals surface area contributed by atoms with Crippen molar-refractivity contribution in [3.8, 4) is 0 Å². The molecular weight excluding hydrogens is 212 g/mol. The highest BCUT2D eigenvalue weighted by molar-refractivity contribution is 5.78. The van der Waals surface area contributed by atoms with Crippen molar-refractivity contribution in [1.29, 1.82) is 0 Å². The lowest BCUT2D eigenvalue weighted by molar-refractivity contribution is -0.130. The van der Waals surface area contributed by atoms with Gasteiger partial charge in [-0.1, -0.05) is 29.8 Å². The number of nitrogens with zero attached hydrogens (tertiary/aromatic N) is 1. The fraction of sp³-hybridized carbons (Fsp3) is 0.500. The number of rotatable bonds is 2. The lowest BCUT2D eigenvalue weighted by atomic mass is 9.89. The van der Waals surface area contributed by atoms with Gasteiger partial charge < -0.3 is 10.6 Å². The first-order chi connectivity index (χ1) is 8.20. The van der Waals surface area contributed by atoms with Crippen molar-refractivity contribution in [2.45, 2.75) is 25.7 Å². The molecule has 0 atom stereocenters. The highest BCUT2D eigenvalue weighted by Gasteiger charge is 2.22. The molecule has 0 spiro atoms. The van der Waals surface area contributed by atoms with Gasteiger partial charge in [0.1, 0.15) is 0 Å². The Balaban J connectivity index is 1.97. The molecule has 2 N–H and O–H groups in total. The van der Waals surface area contributed by atoms with Gasteiger partial charge in [0, 0.05) is 13.1 Å². The average Bonchev–Trinajstić information content (AvgIpc) is 2.38. The van der Waals surface area contributed by atoms with Crippen LogP contribution in [0.25, 0.3) is 0 Å². The van der Waals surface area contributed by atoms with Gasteiger partial charge in [-0.2, -0.15) is 0 Å². The molecule has 0 radical (unpaired) electrons. The molecule has 0 aliphatic carbocycles. The van der Waals surface area contributed by atoms with E-state index in [9.17, 15) is 4.79 Å². The fourth-order valence-electron chi connectivity index (χ4n) is 2.52. The number of benzene rings is 1. The van der Waals surface area contributed by atoms with Crippen molar-refractivity contribution in [2.24, 2.45) is 5.73 Å². The number of carbonyl (C=O) groups excluding carboxylic acids is 1. The van der Waals surface area contributed by atoms with Crippen LogP contribution < -0.4 is 5.73 Å². The van der Waals surface area contributed by atoms with Gasteiger partial charge in [0.15, 0.2) is 0 Å². The maximum atomic E-state index is 11.5. The molecule has 1 aromatic rings. The molecule has 0 saturated carbocycles. The fourth-order valence-corrected chi connectivity index (χ4v) is 2.52. The third-order valence-electron chi connectivity index (χ3n) is 3.54. The molecule has 1 fully saturated rings. The first-order valence-electron chi connectivity index (χ1n) is 6.25. The Hall–Kier alpha value is -1.35. The molecule has 17 heavy (non-hydrogen) atoms. The molecule has 1 aromatic carbocycles. The number of carbonyl (C=O) groups is 1. The van der Waals surface area contributed by atoms with Crippen molar-refractivity contribution in [3.05, 3.63) is 35.4 Å². The van der Waals surface area contributed by atoms with Crippen molar-refractivity contribution in [3.63, 3.8) is 0 Å². The van der Waals surface area contributed by atoms with Crippen molar-refractivity contribution < 1.29 is 4.79 Å². The Labute approximate surface area is 103 Å². The Kier molecular flexibility index (Phi) is 3.79. The van der Waals surface area contributed by atoms with E-state index in [1.807, 2.05) is 4.90 Å². The van der Waals surface area contributed by atoms with Crippen LogP contribution in [0.3, 0.4) is 0 Å². The molecule has 1 amide bonds. The zero-order valence-electron chi connectivity index (χ0n) is 10.4. The standard InChI is InChI=1S/C14H20N2O/c1-11-3-2-4-13(9-11)12-5-7-16(8-6-12)14(17)10-15/h2-4,9,12H,5-8,10,15H2,1H3. The summed E-state index contributed by atoms with van der Waals surface area (Å²) in [6.07, 6.45) is 2.10. The third kappa shape index (κ3) is 2.86. The molecule has 1 heterocycles. The largest absolute Gasteiger partial charge is 0.342 e. The molecule has 0 aromatic heterocycles. The van der Waals surface area contributed by atoms with Gasteiger partial charge in [-0.25, -0.2) is 0 Å². The van der Waals surface area contributed by atoms with E-state index in [-0.39, 0.29) is 12.5 Å².